The van der Waals surface area contributed by atoms with Crippen LogP contribution in [0.25, 0.3) is 0 Å². The van der Waals surface area contributed by atoms with Gasteiger partial charge in [0.2, 0.25) is 0 Å². The standard InChI is InChI=1S/C15H24N4O/c1-10-9-12(13(14(16)20)11(2)18-10)19-7-5-15(3,17-4)6-8-19/h9,17H,5-8H2,1-4H3,(H2,16,20). The van der Waals surface area contributed by atoms with Gasteiger partial charge in [-0.15, -0.1) is 0 Å². The average Bonchev–Trinajstić information content (AvgIpc) is 2.38. The summed E-state index contributed by atoms with van der Waals surface area (Å²) >= 11 is 0. The lowest BCUT2D eigenvalue weighted by molar-refractivity contribution is 0.0999. The third-order valence-electron chi connectivity index (χ3n) is 4.37. The molecule has 0 aromatic carbocycles. The number of primary amides is 1. The summed E-state index contributed by atoms with van der Waals surface area (Å²) in [4.78, 5) is 18.3. The SMILES string of the molecule is CNC1(C)CCN(c2cc(C)nc(C)c2C(N)=O)CC1. The van der Waals surface area contributed by atoms with Gasteiger partial charge in [-0.1, -0.05) is 0 Å². The van der Waals surface area contributed by atoms with Crippen molar-refractivity contribution >= 4 is 11.6 Å². The number of pyridine rings is 1. The molecule has 1 aromatic heterocycles. The van der Waals surface area contributed by atoms with Crippen molar-refractivity contribution in [2.75, 3.05) is 25.0 Å². The maximum absolute atomic E-state index is 11.7. The Balaban J connectivity index is 2.32. The summed E-state index contributed by atoms with van der Waals surface area (Å²) in [6.07, 6.45) is 2.09. The maximum atomic E-state index is 11.7. The Labute approximate surface area is 120 Å². The fourth-order valence-corrected chi connectivity index (χ4v) is 2.85. The second-order valence-electron chi connectivity index (χ2n) is 5.91. The molecule has 0 aliphatic carbocycles. The van der Waals surface area contributed by atoms with Gasteiger partial charge in [0.05, 0.1) is 16.9 Å². The number of piperidine rings is 1. The van der Waals surface area contributed by atoms with Crippen LogP contribution in [0.15, 0.2) is 6.07 Å². The van der Waals surface area contributed by atoms with Crippen LogP contribution in [-0.4, -0.2) is 36.6 Å². The van der Waals surface area contributed by atoms with Gasteiger partial charge in [-0.2, -0.15) is 0 Å². The smallest absolute Gasteiger partial charge is 0.252 e. The second-order valence-corrected chi connectivity index (χ2v) is 5.91. The Hall–Kier alpha value is -1.62. The Bertz CT molecular complexity index is 519. The summed E-state index contributed by atoms with van der Waals surface area (Å²) in [7, 11) is 2.01. The number of hydrogen-bond donors (Lipinski definition) is 2. The minimum absolute atomic E-state index is 0.181. The molecule has 3 N–H and O–H groups in total. The Morgan fingerprint density at radius 3 is 2.50 bits per heavy atom. The van der Waals surface area contributed by atoms with Gasteiger partial charge in [0.1, 0.15) is 0 Å². The van der Waals surface area contributed by atoms with E-state index in [0.29, 0.717) is 5.56 Å². The minimum atomic E-state index is -0.396. The molecule has 1 aromatic rings. The Morgan fingerprint density at radius 1 is 1.40 bits per heavy atom. The van der Waals surface area contributed by atoms with Gasteiger partial charge in [-0.05, 0) is 46.7 Å². The predicted octanol–water partition coefficient (Wildman–Crippen LogP) is 1.38. The molecule has 0 saturated carbocycles. The van der Waals surface area contributed by atoms with Gasteiger partial charge in [-0.25, -0.2) is 0 Å². The van der Waals surface area contributed by atoms with Crippen LogP contribution in [-0.2, 0) is 0 Å². The average molecular weight is 276 g/mol. The van der Waals surface area contributed by atoms with Crippen LogP contribution in [0.5, 0.6) is 0 Å². The molecule has 110 valence electrons. The van der Waals surface area contributed by atoms with Gasteiger partial charge in [0, 0.05) is 24.3 Å². The van der Waals surface area contributed by atoms with Gasteiger partial charge in [0.15, 0.2) is 0 Å². The van der Waals surface area contributed by atoms with Crippen molar-refractivity contribution in [3.05, 3.63) is 23.0 Å². The highest BCUT2D eigenvalue weighted by molar-refractivity contribution is 5.99. The highest BCUT2D eigenvalue weighted by Crippen LogP contribution is 2.29. The summed E-state index contributed by atoms with van der Waals surface area (Å²) in [6.45, 7) is 7.87. The van der Waals surface area contributed by atoms with Crippen molar-refractivity contribution in [1.29, 1.82) is 0 Å². The Kier molecular flexibility index (Phi) is 3.99. The highest BCUT2D eigenvalue weighted by Gasteiger charge is 2.30. The van der Waals surface area contributed by atoms with Crippen LogP contribution in [0.1, 0.15) is 41.5 Å². The molecule has 5 nitrogen and oxygen atoms in total. The van der Waals surface area contributed by atoms with Crippen LogP contribution in [0.4, 0.5) is 5.69 Å². The number of carbonyl (C=O) groups is 1. The first kappa shape index (κ1) is 14.8. The van der Waals surface area contributed by atoms with E-state index in [1.807, 2.05) is 27.0 Å². The molecule has 1 saturated heterocycles. The van der Waals surface area contributed by atoms with E-state index in [2.05, 4.69) is 22.1 Å². The second kappa shape index (κ2) is 5.40. The number of nitrogens with zero attached hydrogens (tertiary/aromatic N) is 2. The zero-order valence-electron chi connectivity index (χ0n) is 12.8. The van der Waals surface area contributed by atoms with Crippen molar-refractivity contribution in [2.45, 2.75) is 39.2 Å². The van der Waals surface area contributed by atoms with Gasteiger partial charge in [0.25, 0.3) is 5.91 Å². The molecular weight excluding hydrogens is 252 g/mol. The largest absolute Gasteiger partial charge is 0.371 e. The molecule has 20 heavy (non-hydrogen) atoms. The first-order valence-corrected chi connectivity index (χ1v) is 7.08. The molecular formula is C15H24N4O. The van der Waals surface area contributed by atoms with Crippen LogP contribution in [0, 0.1) is 13.8 Å². The zero-order chi connectivity index (χ0) is 14.9. The van der Waals surface area contributed by atoms with E-state index in [-0.39, 0.29) is 5.54 Å². The van der Waals surface area contributed by atoms with E-state index in [1.165, 1.54) is 0 Å². The lowest BCUT2D eigenvalue weighted by Gasteiger charge is -2.41. The number of anilines is 1. The summed E-state index contributed by atoms with van der Waals surface area (Å²) in [5.74, 6) is -0.396. The van der Waals surface area contributed by atoms with Crippen LogP contribution in [0.3, 0.4) is 0 Å². The van der Waals surface area contributed by atoms with Crippen molar-refractivity contribution in [1.82, 2.24) is 10.3 Å². The van der Waals surface area contributed by atoms with Crippen LogP contribution >= 0.6 is 0 Å². The van der Waals surface area contributed by atoms with Crippen molar-refractivity contribution in [3.8, 4) is 0 Å². The van der Waals surface area contributed by atoms with E-state index in [9.17, 15) is 4.79 Å². The molecule has 1 aliphatic rings. The molecule has 1 fully saturated rings. The number of nitrogens with one attached hydrogen (secondary N) is 1. The zero-order valence-corrected chi connectivity index (χ0v) is 12.8. The summed E-state index contributed by atoms with van der Waals surface area (Å²) in [5, 5.41) is 3.38. The van der Waals surface area contributed by atoms with E-state index in [1.54, 1.807) is 0 Å². The fraction of sp³-hybridized carbons (Fsp3) is 0.600. The maximum Gasteiger partial charge on any atom is 0.252 e. The Morgan fingerprint density at radius 2 is 2.00 bits per heavy atom. The fourth-order valence-electron chi connectivity index (χ4n) is 2.85. The first-order chi connectivity index (χ1) is 9.36. The number of rotatable bonds is 3. The van der Waals surface area contributed by atoms with Crippen molar-refractivity contribution < 1.29 is 4.79 Å². The van der Waals surface area contributed by atoms with Gasteiger partial charge in [-0.3, -0.25) is 9.78 Å². The monoisotopic (exact) mass is 276 g/mol. The molecule has 0 bridgehead atoms. The number of amides is 1. The third kappa shape index (κ3) is 2.77. The van der Waals surface area contributed by atoms with Crippen molar-refractivity contribution in [3.63, 3.8) is 0 Å². The number of hydrogen-bond acceptors (Lipinski definition) is 4. The molecule has 1 amide bonds. The topological polar surface area (TPSA) is 71.2 Å². The number of carbonyl (C=O) groups excluding carboxylic acids is 1. The molecule has 0 unspecified atom stereocenters. The lowest BCUT2D eigenvalue weighted by Crippen LogP contribution is -2.50. The third-order valence-corrected chi connectivity index (χ3v) is 4.37. The normalized spacial score (nSPS) is 18.1. The molecule has 0 radical (unpaired) electrons. The number of nitrogens with two attached hydrogens (primary N) is 1. The lowest BCUT2D eigenvalue weighted by atomic mass is 9.89. The number of aryl methyl sites for hydroxylation is 2. The van der Waals surface area contributed by atoms with E-state index in [4.69, 9.17) is 5.73 Å². The van der Waals surface area contributed by atoms with E-state index < -0.39 is 5.91 Å². The quantitative estimate of drug-likeness (QED) is 0.875. The molecule has 5 heteroatoms. The number of aromatic nitrogens is 1. The predicted molar refractivity (Wildman–Crippen MR) is 81.1 cm³/mol. The molecule has 0 spiro atoms. The van der Waals surface area contributed by atoms with E-state index in [0.717, 1.165) is 43.0 Å². The molecule has 2 rings (SSSR count). The first-order valence-electron chi connectivity index (χ1n) is 7.08. The van der Waals surface area contributed by atoms with Crippen molar-refractivity contribution in [2.24, 2.45) is 5.73 Å². The van der Waals surface area contributed by atoms with Crippen LogP contribution in [0.2, 0.25) is 0 Å². The molecule has 1 aliphatic heterocycles. The minimum Gasteiger partial charge on any atom is -0.371 e. The highest BCUT2D eigenvalue weighted by atomic mass is 16.1. The summed E-state index contributed by atoms with van der Waals surface area (Å²) < 4.78 is 0. The van der Waals surface area contributed by atoms with Gasteiger partial charge >= 0.3 is 0 Å². The molecule has 2 heterocycles. The van der Waals surface area contributed by atoms with E-state index >= 15 is 0 Å². The van der Waals surface area contributed by atoms with Gasteiger partial charge < -0.3 is 16.0 Å². The van der Waals surface area contributed by atoms with Crippen LogP contribution < -0.4 is 16.0 Å². The summed E-state index contributed by atoms with van der Waals surface area (Å²) in [6, 6.07) is 1.97. The molecule has 0 atom stereocenters. The summed E-state index contributed by atoms with van der Waals surface area (Å²) in [5.41, 5.74) is 8.84.